The Morgan fingerprint density at radius 2 is 2.29 bits per heavy atom. The summed E-state index contributed by atoms with van der Waals surface area (Å²) >= 11 is 3.43. The van der Waals surface area contributed by atoms with Gasteiger partial charge in [-0.3, -0.25) is 0 Å². The largest absolute Gasteiger partial charge is 0.481 e. The molecule has 0 bridgehead atoms. The monoisotopic (exact) mass is 296 g/mol. The summed E-state index contributed by atoms with van der Waals surface area (Å²) < 4.78 is 8.00. The summed E-state index contributed by atoms with van der Waals surface area (Å²) in [7, 11) is 1.58. The van der Waals surface area contributed by atoms with Crippen molar-refractivity contribution in [3.63, 3.8) is 0 Å². The van der Waals surface area contributed by atoms with Gasteiger partial charge in [-0.25, -0.2) is 4.68 Å². The van der Waals surface area contributed by atoms with Gasteiger partial charge in [-0.05, 0) is 17.7 Å². The average Bonchev–Trinajstić information content (AvgIpc) is 2.71. The zero-order valence-corrected chi connectivity index (χ0v) is 11.0. The van der Waals surface area contributed by atoms with Crippen molar-refractivity contribution in [2.45, 2.75) is 13.2 Å². The van der Waals surface area contributed by atoms with E-state index in [2.05, 4.69) is 21.0 Å². The second-order valence-electron chi connectivity index (χ2n) is 3.62. The summed E-state index contributed by atoms with van der Waals surface area (Å²) in [5.74, 6) is 0.604. The summed E-state index contributed by atoms with van der Waals surface area (Å²) in [6.45, 7) is 0.546. The summed E-state index contributed by atoms with van der Waals surface area (Å²) in [5.41, 5.74) is 1.81. The van der Waals surface area contributed by atoms with Crippen LogP contribution in [0.15, 0.2) is 34.9 Å². The molecule has 0 saturated heterocycles. The Hall–Kier alpha value is -1.33. The minimum Gasteiger partial charge on any atom is -0.481 e. The molecule has 0 aliphatic rings. The van der Waals surface area contributed by atoms with Gasteiger partial charge >= 0.3 is 0 Å². The Balaban J connectivity index is 2.27. The van der Waals surface area contributed by atoms with E-state index < -0.39 is 0 Å². The third kappa shape index (κ3) is 2.68. The minimum atomic E-state index is -0.0678. The lowest BCUT2D eigenvalue weighted by Gasteiger charge is -2.07. The normalized spacial score (nSPS) is 10.5. The Morgan fingerprint density at radius 3 is 2.94 bits per heavy atom. The quantitative estimate of drug-likeness (QED) is 0.941. The van der Waals surface area contributed by atoms with Gasteiger partial charge in [-0.1, -0.05) is 28.1 Å². The van der Waals surface area contributed by atoms with Gasteiger partial charge in [0.1, 0.15) is 0 Å². The molecule has 0 atom stereocenters. The second kappa shape index (κ2) is 5.33. The first kappa shape index (κ1) is 12.1. The van der Waals surface area contributed by atoms with Crippen LogP contribution in [-0.2, 0) is 13.2 Å². The molecule has 0 spiro atoms. The van der Waals surface area contributed by atoms with Gasteiger partial charge in [0.25, 0.3) is 0 Å². The van der Waals surface area contributed by atoms with E-state index >= 15 is 0 Å². The maximum absolute atomic E-state index is 9.13. The van der Waals surface area contributed by atoms with Crippen LogP contribution in [0.5, 0.6) is 5.88 Å². The second-order valence-corrected chi connectivity index (χ2v) is 4.54. The predicted molar refractivity (Wildman–Crippen MR) is 67.9 cm³/mol. The Morgan fingerprint density at radius 1 is 1.47 bits per heavy atom. The number of aliphatic hydroxyl groups excluding tert-OH is 1. The Bertz CT molecular complexity index is 511. The molecule has 0 fully saturated rings. The summed E-state index contributed by atoms with van der Waals surface area (Å²) in [4.78, 5) is 0. The van der Waals surface area contributed by atoms with Gasteiger partial charge in [-0.2, -0.15) is 5.10 Å². The van der Waals surface area contributed by atoms with E-state index in [-0.39, 0.29) is 6.61 Å². The van der Waals surface area contributed by atoms with Crippen LogP contribution in [0.3, 0.4) is 0 Å². The van der Waals surface area contributed by atoms with E-state index in [0.717, 1.165) is 10.0 Å². The van der Waals surface area contributed by atoms with Gasteiger partial charge < -0.3 is 9.84 Å². The number of rotatable bonds is 4. The molecular weight excluding hydrogens is 284 g/mol. The van der Waals surface area contributed by atoms with Crippen molar-refractivity contribution in [1.82, 2.24) is 9.78 Å². The molecule has 0 saturated carbocycles. The molecule has 1 N–H and O–H groups in total. The van der Waals surface area contributed by atoms with Gasteiger partial charge in [0.15, 0.2) is 0 Å². The molecule has 0 aliphatic heterocycles. The number of methoxy groups -OCH3 is 1. The van der Waals surface area contributed by atoms with E-state index in [1.165, 1.54) is 0 Å². The van der Waals surface area contributed by atoms with Crippen LogP contribution in [0.4, 0.5) is 0 Å². The number of nitrogens with zero attached hydrogens (tertiary/aromatic N) is 2. The van der Waals surface area contributed by atoms with Crippen molar-refractivity contribution in [2.24, 2.45) is 0 Å². The highest BCUT2D eigenvalue weighted by Gasteiger charge is 2.10. The first-order chi connectivity index (χ1) is 8.24. The van der Waals surface area contributed by atoms with Gasteiger partial charge in [-0.15, -0.1) is 0 Å². The molecule has 90 valence electrons. The number of halogens is 1. The summed E-state index contributed by atoms with van der Waals surface area (Å²) in [6, 6.07) is 8.00. The number of hydrogen-bond donors (Lipinski definition) is 1. The molecule has 1 aromatic carbocycles. The van der Waals surface area contributed by atoms with Crippen LogP contribution >= 0.6 is 15.9 Å². The van der Waals surface area contributed by atoms with Crippen LogP contribution < -0.4 is 4.74 Å². The third-order valence-electron chi connectivity index (χ3n) is 2.45. The Kier molecular flexibility index (Phi) is 3.81. The van der Waals surface area contributed by atoms with Gasteiger partial charge in [0.05, 0.1) is 32.0 Å². The molecule has 0 amide bonds. The molecule has 2 rings (SSSR count). The zero-order valence-electron chi connectivity index (χ0n) is 9.43. The van der Waals surface area contributed by atoms with Crippen LogP contribution in [-0.4, -0.2) is 22.0 Å². The van der Waals surface area contributed by atoms with Gasteiger partial charge in [0, 0.05) is 4.47 Å². The highest BCUT2D eigenvalue weighted by Crippen LogP contribution is 2.20. The number of aliphatic hydroxyl groups is 1. The average molecular weight is 297 g/mol. The molecular formula is C12H13BrN2O2. The van der Waals surface area contributed by atoms with Crippen LogP contribution in [0.2, 0.25) is 0 Å². The van der Waals surface area contributed by atoms with E-state index in [9.17, 15) is 0 Å². The first-order valence-electron chi connectivity index (χ1n) is 5.18. The van der Waals surface area contributed by atoms with Gasteiger partial charge in [0.2, 0.25) is 5.88 Å². The van der Waals surface area contributed by atoms with E-state index in [4.69, 9.17) is 9.84 Å². The van der Waals surface area contributed by atoms with Crippen molar-refractivity contribution in [3.8, 4) is 5.88 Å². The third-order valence-corrected chi connectivity index (χ3v) is 2.94. The van der Waals surface area contributed by atoms with E-state index in [1.807, 2.05) is 24.3 Å². The number of hydrogen-bond acceptors (Lipinski definition) is 3. The van der Waals surface area contributed by atoms with Crippen LogP contribution in [0, 0.1) is 0 Å². The van der Waals surface area contributed by atoms with Crippen molar-refractivity contribution >= 4 is 15.9 Å². The summed E-state index contributed by atoms with van der Waals surface area (Å²) in [6.07, 6.45) is 1.62. The highest BCUT2D eigenvalue weighted by atomic mass is 79.9. The molecule has 5 heteroatoms. The fraction of sp³-hybridized carbons (Fsp3) is 0.250. The number of ether oxygens (including phenoxy) is 1. The lowest BCUT2D eigenvalue weighted by Crippen LogP contribution is -2.04. The minimum absolute atomic E-state index is 0.0678. The SMILES string of the molecule is COc1c(CO)cnn1Cc1cccc(Br)c1. The molecule has 0 radical (unpaired) electrons. The molecule has 2 aromatic rings. The Labute approximate surface area is 108 Å². The van der Waals surface area contributed by atoms with Crippen molar-refractivity contribution in [1.29, 1.82) is 0 Å². The fourth-order valence-electron chi connectivity index (χ4n) is 1.68. The number of aromatic nitrogens is 2. The van der Waals surface area contributed by atoms with E-state index in [0.29, 0.717) is 18.0 Å². The lowest BCUT2D eigenvalue weighted by molar-refractivity contribution is 0.270. The van der Waals surface area contributed by atoms with Crippen LogP contribution in [0.1, 0.15) is 11.1 Å². The maximum atomic E-state index is 9.13. The molecule has 1 heterocycles. The molecule has 17 heavy (non-hydrogen) atoms. The van der Waals surface area contributed by atoms with E-state index in [1.54, 1.807) is 18.0 Å². The molecule has 1 aromatic heterocycles. The van der Waals surface area contributed by atoms with Crippen molar-refractivity contribution in [2.75, 3.05) is 7.11 Å². The molecule has 0 unspecified atom stereocenters. The van der Waals surface area contributed by atoms with Crippen molar-refractivity contribution in [3.05, 3.63) is 46.1 Å². The number of benzene rings is 1. The van der Waals surface area contributed by atoms with Crippen LogP contribution in [0.25, 0.3) is 0 Å². The smallest absolute Gasteiger partial charge is 0.217 e. The van der Waals surface area contributed by atoms with Crippen molar-refractivity contribution < 1.29 is 9.84 Å². The zero-order chi connectivity index (χ0) is 12.3. The molecule has 0 aliphatic carbocycles. The topological polar surface area (TPSA) is 47.3 Å². The first-order valence-corrected chi connectivity index (χ1v) is 5.98. The predicted octanol–water partition coefficient (Wildman–Crippen LogP) is 2.19. The lowest BCUT2D eigenvalue weighted by atomic mass is 10.2. The molecule has 4 nitrogen and oxygen atoms in total. The fourth-order valence-corrected chi connectivity index (χ4v) is 2.13. The maximum Gasteiger partial charge on any atom is 0.217 e. The standard InChI is InChI=1S/C12H13BrN2O2/c1-17-12-10(8-16)6-14-15(12)7-9-3-2-4-11(13)5-9/h2-6,16H,7-8H2,1H3. The highest BCUT2D eigenvalue weighted by molar-refractivity contribution is 9.10. The summed E-state index contributed by atoms with van der Waals surface area (Å²) in [5, 5.41) is 13.3.